The first-order valence-corrected chi connectivity index (χ1v) is 25.5. The zero-order valence-corrected chi connectivity index (χ0v) is 38.5. The molecular weight excluding hydrogens is 723 g/mol. The summed E-state index contributed by atoms with van der Waals surface area (Å²) in [6.07, 6.45) is 38.9. The minimum Gasteiger partial charge on any atom is -0.756 e. The van der Waals surface area contributed by atoms with Crippen molar-refractivity contribution in [2.75, 3.05) is 47.5 Å². The molecule has 0 aromatic carbocycles. The zero-order valence-electron chi connectivity index (χ0n) is 37.6. The van der Waals surface area contributed by atoms with E-state index in [2.05, 4.69) is 19.2 Å². The second-order valence-electron chi connectivity index (χ2n) is 18.0. The molecule has 1 fully saturated rings. The van der Waals surface area contributed by atoms with Crippen molar-refractivity contribution in [3.63, 3.8) is 0 Å². The summed E-state index contributed by atoms with van der Waals surface area (Å²) in [6, 6.07) is -0.619. The fourth-order valence-electron chi connectivity index (χ4n) is 7.55. The second kappa shape index (κ2) is 36.3. The van der Waals surface area contributed by atoms with E-state index >= 15 is 0 Å². The Morgan fingerprint density at radius 3 is 1.55 bits per heavy atom. The van der Waals surface area contributed by atoms with Crippen LogP contribution in [0.5, 0.6) is 0 Å². The molecule has 0 aliphatic carbocycles. The maximum atomic E-state index is 13.3. The number of likely N-dealkylation sites (N-methyl/N-ethyl adjacent to an activating group) is 1. The van der Waals surface area contributed by atoms with Gasteiger partial charge in [-0.2, -0.15) is 0 Å². The molecule has 1 amide bonds. The van der Waals surface area contributed by atoms with Gasteiger partial charge in [0.05, 0.1) is 39.9 Å². The molecule has 1 heterocycles. The van der Waals surface area contributed by atoms with Gasteiger partial charge in [0, 0.05) is 13.0 Å². The summed E-state index contributed by atoms with van der Waals surface area (Å²) in [4.78, 5) is 26.2. The van der Waals surface area contributed by atoms with Crippen LogP contribution in [0.15, 0.2) is 0 Å². The Morgan fingerprint density at radius 2 is 1.12 bits per heavy atom. The van der Waals surface area contributed by atoms with Crippen molar-refractivity contribution >= 4 is 13.7 Å². The number of nitrogens with one attached hydrogen (secondary N) is 1. The van der Waals surface area contributed by atoms with Crippen molar-refractivity contribution in [3.05, 3.63) is 0 Å². The Hall–Kier alpha value is -0.540. The number of phosphoric acid groups is 1. The van der Waals surface area contributed by atoms with E-state index in [4.69, 9.17) is 18.5 Å². The molecule has 0 aromatic heterocycles. The Balaban J connectivity index is 2.60. The van der Waals surface area contributed by atoms with Crippen LogP contribution in [0.1, 0.15) is 226 Å². The molecule has 1 aliphatic heterocycles. The summed E-state index contributed by atoms with van der Waals surface area (Å²) in [5.74, 6) is -0.0801. The number of phosphoric ester groups is 1. The Bertz CT molecular complexity index is 928. The van der Waals surface area contributed by atoms with Crippen LogP contribution in [0.25, 0.3) is 0 Å². The number of carbonyl (C=O) groups is 1. The van der Waals surface area contributed by atoms with E-state index < -0.39 is 20.0 Å². The topological polar surface area (TPSA) is 106 Å². The summed E-state index contributed by atoms with van der Waals surface area (Å²) >= 11 is 0. The van der Waals surface area contributed by atoms with Crippen molar-refractivity contribution in [1.29, 1.82) is 0 Å². The lowest BCUT2D eigenvalue weighted by molar-refractivity contribution is -0.870. The number of hydrogen-bond donors (Lipinski definition) is 1. The van der Waals surface area contributed by atoms with Crippen molar-refractivity contribution in [1.82, 2.24) is 5.32 Å². The number of quaternary nitrogens is 1. The summed E-state index contributed by atoms with van der Waals surface area (Å²) in [5.41, 5.74) is 0. The SMILES string of the molecule is CCCCCCCCCCCCCCCCCC(=O)N[C@@H](COP(=O)([O-])OCC[N+](C)(C)C)[C@@H](CCCCCCCCCCCCCCC)OC1CCCCO1. The van der Waals surface area contributed by atoms with Crippen LogP contribution in [-0.4, -0.2) is 76.3 Å². The lowest BCUT2D eigenvalue weighted by atomic mass is 10.0. The molecule has 9 nitrogen and oxygen atoms in total. The van der Waals surface area contributed by atoms with Gasteiger partial charge in [-0.15, -0.1) is 0 Å². The zero-order chi connectivity index (χ0) is 41.0. The highest BCUT2D eigenvalue weighted by Crippen LogP contribution is 2.38. The molecule has 0 spiro atoms. The van der Waals surface area contributed by atoms with Crippen LogP contribution >= 0.6 is 7.82 Å². The fourth-order valence-corrected chi connectivity index (χ4v) is 8.28. The molecule has 1 N–H and O–H groups in total. The van der Waals surface area contributed by atoms with Crippen LogP contribution in [0.4, 0.5) is 0 Å². The summed E-state index contributed by atoms with van der Waals surface area (Å²) in [7, 11) is 1.38. The largest absolute Gasteiger partial charge is 0.756 e. The number of hydrogen-bond acceptors (Lipinski definition) is 7. The first kappa shape index (κ1) is 53.5. The highest BCUT2D eigenvalue weighted by Gasteiger charge is 2.30. The molecule has 0 bridgehead atoms. The molecule has 4 atom stereocenters. The molecule has 0 aromatic rings. The van der Waals surface area contributed by atoms with Crippen LogP contribution in [-0.2, 0) is 27.9 Å². The lowest BCUT2D eigenvalue weighted by Gasteiger charge is -2.34. The summed E-state index contributed by atoms with van der Waals surface area (Å²) in [5, 5.41) is 3.14. The number of ether oxygens (including phenoxy) is 2. The van der Waals surface area contributed by atoms with Gasteiger partial charge in [0.15, 0.2) is 6.29 Å². The van der Waals surface area contributed by atoms with Crippen molar-refractivity contribution in [2.24, 2.45) is 0 Å². The molecule has 1 rings (SSSR count). The molecule has 1 saturated heterocycles. The minimum atomic E-state index is -4.57. The molecule has 56 heavy (non-hydrogen) atoms. The third-order valence-corrected chi connectivity index (χ3v) is 12.2. The highest BCUT2D eigenvalue weighted by atomic mass is 31.2. The quantitative estimate of drug-likeness (QED) is 0.0372. The van der Waals surface area contributed by atoms with Gasteiger partial charge in [-0.1, -0.05) is 187 Å². The van der Waals surface area contributed by atoms with Crippen molar-refractivity contribution < 1.29 is 37.3 Å². The number of nitrogens with zero attached hydrogens (tertiary/aromatic N) is 1. The van der Waals surface area contributed by atoms with Gasteiger partial charge in [-0.05, 0) is 32.1 Å². The molecule has 2 unspecified atom stereocenters. The lowest BCUT2D eigenvalue weighted by Crippen LogP contribution is -2.49. The standard InChI is InChI=1S/C46H93N2O7P/c1-6-8-10-12-14-16-18-20-21-23-25-27-29-31-33-37-45(49)47-43(42-54-56(50,51)53-41-39-48(3,4)5)44(55-46-38-34-35-40-52-46)36-32-30-28-26-24-22-19-17-15-13-11-9-7-2/h43-44,46H,6-42H2,1-5H3,(H-,47,49,50,51)/t43-,44+,46?/m0/s1. The summed E-state index contributed by atoms with van der Waals surface area (Å²) in [6.45, 7) is 5.54. The minimum absolute atomic E-state index is 0.0370. The van der Waals surface area contributed by atoms with Gasteiger partial charge in [0.1, 0.15) is 13.2 Å². The molecule has 1 aliphatic rings. The van der Waals surface area contributed by atoms with Gasteiger partial charge in [0.25, 0.3) is 7.82 Å². The van der Waals surface area contributed by atoms with Crippen molar-refractivity contribution in [3.8, 4) is 0 Å². The van der Waals surface area contributed by atoms with Gasteiger partial charge in [0.2, 0.25) is 5.91 Å². The van der Waals surface area contributed by atoms with Gasteiger partial charge in [-0.3, -0.25) is 9.36 Å². The monoisotopic (exact) mass is 817 g/mol. The predicted molar refractivity (Wildman–Crippen MR) is 233 cm³/mol. The third kappa shape index (κ3) is 34.3. The Labute approximate surface area is 347 Å². The normalized spacial score (nSPS) is 17.1. The van der Waals surface area contributed by atoms with Crippen LogP contribution in [0.2, 0.25) is 0 Å². The highest BCUT2D eigenvalue weighted by molar-refractivity contribution is 7.45. The number of amides is 1. The van der Waals surface area contributed by atoms with Crippen LogP contribution in [0, 0.1) is 0 Å². The van der Waals surface area contributed by atoms with E-state index in [0.29, 0.717) is 30.5 Å². The van der Waals surface area contributed by atoms with E-state index in [0.717, 1.165) is 51.4 Å². The van der Waals surface area contributed by atoms with E-state index in [-0.39, 0.29) is 25.4 Å². The van der Waals surface area contributed by atoms with Gasteiger partial charge >= 0.3 is 0 Å². The van der Waals surface area contributed by atoms with Crippen LogP contribution < -0.4 is 10.2 Å². The maximum Gasteiger partial charge on any atom is 0.268 e. The Kier molecular flexibility index (Phi) is 34.7. The second-order valence-corrected chi connectivity index (χ2v) is 19.4. The number of rotatable bonds is 41. The van der Waals surface area contributed by atoms with E-state index in [1.165, 1.54) is 148 Å². The average Bonchev–Trinajstić information content (AvgIpc) is 3.16. The van der Waals surface area contributed by atoms with Crippen LogP contribution in [0.3, 0.4) is 0 Å². The van der Waals surface area contributed by atoms with E-state index in [1.807, 2.05) is 21.1 Å². The van der Waals surface area contributed by atoms with E-state index in [9.17, 15) is 14.3 Å². The fraction of sp³-hybridized carbons (Fsp3) is 0.978. The summed E-state index contributed by atoms with van der Waals surface area (Å²) < 4.78 is 36.6. The smallest absolute Gasteiger partial charge is 0.268 e. The van der Waals surface area contributed by atoms with E-state index in [1.54, 1.807) is 0 Å². The van der Waals surface area contributed by atoms with Gasteiger partial charge in [-0.25, -0.2) is 0 Å². The number of carbonyl (C=O) groups excluding carboxylic acids is 1. The molecule has 10 heteroatoms. The third-order valence-electron chi connectivity index (χ3n) is 11.3. The predicted octanol–water partition coefficient (Wildman–Crippen LogP) is 12.3. The molecule has 0 radical (unpaired) electrons. The molecule has 0 saturated carbocycles. The first-order valence-electron chi connectivity index (χ1n) is 24.0. The van der Waals surface area contributed by atoms with Crippen molar-refractivity contribution in [2.45, 2.75) is 244 Å². The maximum absolute atomic E-state index is 13.3. The average molecular weight is 817 g/mol. The Morgan fingerprint density at radius 1 is 0.679 bits per heavy atom. The molecular formula is C46H93N2O7P. The molecule has 334 valence electrons. The number of unbranched alkanes of at least 4 members (excludes halogenated alkanes) is 26. The first-order chi connectivity index (χ1) is 27.1. The van der Waals surface area contributed by atoms with Gasteiger partial charge < -0.3 is 33.2 Å².